The summed E-state index contributed by atoms with van der Waals surface area (Å²) in [4.78, 5) is 11.4. The second-order valence-corrected chi connectivity index (χ2v) is 5.85. The average molecular weight is 232 g/mol. The van der Waals surface area contributed by atoms with Gasteiger partial charge in [0.15, 0.2) is 0 Å². The highest BCUT2D eigenvalue weighted by Crippen LogP contribution is 2.19. The van der Waals surface area contributed by atoms with Gasteiger partial charge in [0, 0.05) is 24.4 Å². The quantitative estimate of drug-likeness (QED) is 0.688. The van der Waals surface area contributed by atoms with Crippen molar-refractivity contribution >= 4 is 17.7 Å². The number of hydrogen-bond acceptors (Lipinski definition) is 4. The van der Waals surface area contributed by atoms with Crippen LogP contribution in [0.1, 0.15) is 13.8 Å². The van der Waals surface area contributed by atoms with Gasteiger partial charge >= 0.3 is 0 Å². The summed E-state index contributed by atoms with van der Waals surface area (Å²) in [6.07, 6.45) is 2.27. The minimum absolute atomic E-state index is 0.0241. The number of carbonyl (C=O) groups excluding carboxylic acids is 1. The molecule has 0 radical (unpaired) electrons. The van der Waals surface area contributed by atoms with Crippen molar-refractivity contribution in [2.45, 2.75) is 24.7 Å². The van der Waals surface area contributed by atoms with Gasteiger partial charge < -0.3 is 15.4 Å². The molecule has 4 nitrogen and oxygen atoms in total. The van der Waals surface area contributed by atoms with E-state index in [1.807, 2.05) is 6.26 Å². The van der Waals surface area contributed by atoms with Crippen LogP contribution in [-0.4, -0.2) is 49.3 Å². The lowest BCUT2D eigenvalue weighted by molar-refractivity contribution is -0.128. The molecule has 1 amide bonds. The van der Waals surface area contributed by atoms with Crippen LogP contribution in [0.15, 0.2) is 0 Å². The molecule has 0 aromatic carbocycles. The Morgan fingerprint density at radius 1 is 1.60 bits per heavy atom. The third kappa shape index (κ3) is 4.86. The second-order valence-electron chi connectivity index (χ2n) is 4.33. The Bertz CT molecular complexity index is 217. The topological polar surface area (TPSA) is 50.4 Å². The van der Waals surface area contributed by atoms with Gasteiger partial charge in [0.25, 0.3) is 0 Å². The summed E-state index contributed by atoms with van der Waals surface area (Å²) in [5, 5.41) is 5.96. The van der Waals surface area contributed by atoms with Crippen molar-refractivity contribution in [1.29, 1.82) is 0 Å². The van der Waals surface area contributed by atoms with E-state index >= 15 is 0 Å². The van der Waals surface area contributed by atoms with Crippen molar-refractivity contribution in [2.75, 3.05) is 32.5 Å². The monoisotopic (exact) mass is 232 g/mol. The molecule has 1 rings (SSSR count). The maximum atomic E-state index is 11.4. The fourth-order valence-electron chi connectivity index (χ4n) is 1.01. The van der Waals surface area contributed by atoms with Gasteiger partial charge in [-0.25, -0.2) is 0 Å². The first kappa shape index (κ1) is 12.8. The molecule has 0 aromatic rings. The highest BCUT2D eigenvalue weighted by atomic mass is 32.2. The lowest BCUT2D eigenvalue weighted by Gasteiger charge is -2.27. The zero-order valence-corrected chi connectivity index (χ0v) is 10.4. The molecule has 1 aliphatic rings. The third-order valence-electron chi connectivity index (χ3n) is 2.46. The SMILES string of the molecule is CSC(C)(C)CNC(=O)COC1CNC1. The maximum absolute atomic E-state index is 11.4. The van der Waals surface area contributed by atoms with Gasteiger partial charge in [-0.05, 0) is 20.1 Å². The van der Waals surface area contributed by atoms with Crippen molar-refractivity contribution in [3.63, 3.8) is 0 Å². The van der Waals surface area contributed by atoms with Gasteiger partial charge in [-0.1, -0.05) is 0 Å². The Morgan fingerprint density at radius 3 is 2.73 bits per heavy atom. The van der Waals surface area contributed by atoms with E-state index in [2.05, 4.69) is 24.5 Å². The molecule has 88 valence electrons. The van der Waals surface area contributed by atoms with Crippen molar-refractivity contribution in [1.82, 2.24) is 10.6 Å². The zero-order valence-electron chi connectivity index (χ0n) is 9.63. The largest absolute Gasteiger partial charge is 0.366 e. The van der Waals surface area contributed by atoms with Crippen molar-refractivity contribution in [3.05, 3.63) is 0 Å². The highest BCUT2D eigenvalue weighted by molar-refractivity contribution is 7.99. The number of nitrogens with one attached hydrogen (secondary N) is 2. The predicted octanol–water partition coefficient (Wildman–Crippen LogP) is 0.233. The van der Waals surface area contributed by atoms with Crippen LogP contribution in [0.2, 0.25) is 0 Å². The summed E-state index contributed by atoms with van der Waals surface area (Å²) in [6.45, 7) is 6.80. The molecule has 0 bridgehead atoms. The number of carbonyl (C=O) groups is 1. The standard InChI is InChI=1S/C10H20N2O2S/c1-10(2,15-3)7-12-9(13)6-14-8-4-11-5-8/h8,11H,4-7H2,1-3H3,(H,12,13). The molecule has 1 saturated heterocycles. The van der Waals surface area contributed by atoms with Gasteiger partial charge in [-0.15, -0.1) is 0 Å². The Morgan fingerprint density at radius 2 is 2.27 bits per heavy atom. The maximum Gasteiger partial charge on any atom is 0.246 e. The minimum Gasteiger partial charge on any atom is -0.366 e. The molecule has 1 fully saturated rings. The van der Waals surface area contributed by atoms with Gasteiger partial charge in [0.2, 0.25) is 5.91 Å². The summed E-state index contributed by atoms with van der Waals surface area (Å²) >= 11 is 1.74. The molecule has 1 aliphatic heterocycles. The molecule has 0 atom stereocenters. The van der Waals surface area contributed by atoms with Crippen LogP contribution in [-0.2, 0) is 9.53 Å². The van der Waals surface area contributed by atoms with Crippen LogP contribution >= 0.6 is 11.8 Å². The first-order valence-corrected chi connectivity index (χ1v) is 6.40. The summed E-state index contributed by atoms with van der Waals surface area (Å²) < 4.78 is 5.45. The van der Waals surface area contributed by atoms with Gasteiger partial charge in [-0.2, -0.15) is 11.8 Å². The Balaban J connectivity index is 2.07. The van der Waals surface area contributed by atoms with Crippen molar-refractivity contribution < 1.29 is 9.53 Å². The van der Waals surface area contributed by atoms with E-state index < -0.39 is 0 Å². The molecule has 0 aliphatic carbocycles. The Labute approximate surface area is 95.5 Å². The van der Waals surface area contributed by atoms with E-state index in [0.717, 1.165) is 13.1 Å². The van der Waals surface area contributed by atoms with Crippen LogP contribution in [0.5, 0.6) is 0 Å². The molecule has 15 heavy (non-hydrogen) atoms. The fourth-order valence-corrected chi connectivity index (χ4v) is 1.22. The number of ether oxygens (including phenoxy) is 1. The Hall–Kier alpha value is -0.260. The summed E-state index contributed by atoms with van der Waals surface area (Å²) in [5.74, 6) is -0.0241. The lowest BCUT2D eigenvalue weighted by Crippen LogP contribution is -2.50. The third-order valence-corrected chi connectivity index (χ3v) is 3.71. The minimum atomic E-state index is -0.0241. The van der Waals surface area contributed by atoms with E-state index in [-0.39, 0.29) is 23.4 Å². The first-order valence-electron chi connectivity index (χ1n) is 5.18. The summed E-state index contributed by atoms with van der Waals surface area (Å²) in [6, 6.07) is 0. The normalized spacial score (nSPS) is 17.3. The lowest BCUT2D eigenvalue weighted by atomic mass is 10.2. The van der Waals surface area contributed by atoms with E-state index in [0.29, 0.717) is 6.54 Å². The van der Waals surface area contributed by atoms with Crippen LogP contribution in [0.25, 0.3) is 0 Å². The Kier molecular flexibility index (Phi) is 4.89. The van der Waals surface area contributed by atoms with Gasteiger partial charge in [-0.3, -0.25) is 4.79 Å². The predicted molar refractivity (Wildman–Crippen MR) is 63.2 cm³/mol. The van der Waals surface area contributed by atoms with Crippen LogP contribution in [0.3, 0.4) is 0 Å². The molecule has 1 heterocycles. The molecule has 0 unspecified atom stereocenters. The zero-order chi connectivity index (χ0) is 11.3. The smallest absolute Gasteiger partial charge is 0.246 e. The molecule has 5 heteroatoms. The van der Waals surface area contributed by atoms with E-state index in [1.165, 1.54) is 0 Å². The number of thioether (sulfide) groups is 1. The molecule has 0 saturated carbocycles. The van der Waals surface area contributed by atoms with Crippen LogP contribution < -0.4 is 10.6 Å². The fraction of sp³-hybridized carbons (Fsp3) is 0.900. The molecular weight excluding hydrogens is 212 g/mol. The second kappa shape index (κ2) is 5.72. The summed E-state index contributed by atoms with van der Waals surface area (Å²) in [5.41, 5.74) is 0. The van der Waals surface area contributed by atoms with Crippen LogP contribution in [0.4, 0.5) is 0 Å². The summed E-state index contributed by atoms with van der Waals surface area (Å²) in [7, 11) is 0. The molecule has 2 N–H and O–H groups in total. The van der Waals surface area contributed by atoms with Crippen LogP contribution in [0, 0.1) is 0 Å². The number of amides is 1. The highest BCUT2D eigenvalue weighted by Gasteiger charge is 2.20. The molecular formula is C10H20N2O2S. The van der Waals surface area contributed by atoms with E-state index in [9.17, 15) is 4.79 Å². The molecule has 0 spiro atoms. The van der Waals surface area contributed by atoms with Gasteiger partial charge in [0.05, 0.1) is 6.10 Å². The van der Waals surface area contributed by atoms with E-state index in [4.69, 9.17) is 4.74 Å². The van der Waals surface area contributed by atoms with Crippen molar-refractivity contribution in [2.24, 2.45) is 0 Å². The molecule has 0 aromatic heterocycles. The number of hydrogen-bond donors (Lipinski definition) is 2. The van der Waals surface area contributed by atoms with Crippen molar-refractivity contribution in [3.8, 4) is 0 Å². The van der Waals surface area contributed by atoms with Gasteiger partial charge in [0.1, 0.15) is 6.61 Å². The average Bonchev–Trinajstić information content (AvgIpc) is 2.13. The number of rotatable bonds is 6. The first-order chi connectivity index (χ1) is 7.03. The van der Waals surface area contributed by atoms with E-state index in [1.54, 1.807) is 11.8 Å².